The van der Waals surface area contributed by atoms with Crippen LogP contribution in [0.15, 0.2) is 23.2 Å². The van der Waals surface area contributed by atoms with Gasteiger partial charge < -0.3 is 20.1 Å². The van der Waals surface area contributed by atoms with E-state index in [0.717, 1.165) is 61.4 Å². The summed E-state index contributed by atoms with van der Waals surface area (Å²) in [5.41, 5.74) is 1.05. The zero-order valence-electron chi connectivity index (χ0n) is 17.1. The highest BCUT2D eigenvalue weighted by molar-refractivity contribution is 8.00. The fourth-order valence-corrected chi connectivity index (χ4v) is 5.54. The molecule has 0 spiro atoms. The van der Waals surface area contributed by atoms with E-state index in [1.54, 1.807) is 7.11 Å². The molecule has 3 rings (SSSR count). The minimum Gasteiger partial charge on any atom is -0.496 e. The largest absolute Gasteiger partial charge is 0.496 e. The van der Waals surface area contributed by atoms with Crippen molar-refractivity contribution in [2.24, 2.45) is 4.99 Å². The lowest BCUT2D eigenvalue weighted by atomic mass is 9.73. The van der Waals surface area contributed by atoms with E-state index < -0.39 is 0 Å². The van der Waals surface area contributed by atoms with Gasteiger partial charge in [-0.2, -0.15) is 11.8 Å². The topological polar surface area (TPSA) is 54.9 Å². The highest BCUT2D eigenvalue weighted by Gasteiger charge is 2.37. The van der Waals surface area contributed by atoms with Crippen molar-refractivity contribution in [3.05, 3.63) is 28.8 Å². The number of methoxy groups -OCH3 is 1. The summed E-state index contributed by atoms with van der Waals surface area (Å²) in [4.78, 5) is 4.45. The van der Waals surface area contributed by atoms with Crippen molar-refractivity contribution in [3.8, 4) is 5.75 Å². The average molecular weight is 426 g/mol. The third kappa shape index (κ3) is 5.08. The molecule has 0 amide bonds. The molecule has 2 aliphatic heterocycles. The number of nitrogens with one attached hydrogen (secondary N) is 2. The summed E-state index contributed by atoms with van der Waals surface area (Å²) < 4.78 is 11.6. The molecule has 1 aromatic rings. The average Bonchev–Trinajstić information content (AvgIpc) is 3.15. The lowest BCUT2D eigenvalue weighted by Crippen LogP contribution is -2.50. The van der Waals surface area contributed by atoms with Crippen LogP contribution in [0, 0.1) is 0 Å². The van der Waals surface area contributed by atoms with Crippen LogP contribution in [0.5, 0.6) is 5.75 Å². The molecule has 7 heteroatoms. The van der Waals surface area contributed by atoms with Crippen LogP contribution in [0.2, 0.25) is 5.02 Å². The number of benzene rings is 1. The Morgan fingerprint density at radius 1 is 1.25 bits per heavy atom. The van der Waals surface area contributed by atoms with Crippen molar-refractivity contribution in [2.75, 3.05) is 46.2 Å². The molecule has 28 heavy (non-hydrogen) atoms. The Morgan fingerprint density at radius 2 is 2.00 bits per heavy atom. The van der Waals surface area contributed by atoms with Crippen molar-refractivity contribution < 1.29 is 9.47 Å². The van der Waals surface area contributed by atoms with Gasteiger partial charge in [-0.15, -0.1) is 0 Å². The van der Waals surface area contributed by atoms with Crippen molar-refractivity contribution in [2.45, 2.75) is 42.8 Å². The summed E-state index contributed by atoms with van der Waals surface area (Å²) in [6, 6.07) is 5.88. The molecule has 1 atom stereocenters. The van der Waals surface area contributed by atoms with Gasteiger partial charge in [0.15, 0.2) is 5.96 Å². The highest BCUT2D eigenvalue weighted by Crippen LogP contribution is 2.41. The zero-order valence-corrected chi connectivity index (χ0v) is 18.7. The Labute approximate surface area is 178 Å². The molecule has 0 saturated carbocycles. The second kappa shape index (κ2) is 9.59. The number of ether oxygens (including phenoxy) is 2. The molecule has 5 nitrogen and oxygen atoms in total. The molecular formula is C21H32ClN3O2S. The number of hydrogen-bond donors (Lipinski definition) is 2. The molecule has 0 bridgehead atoms. The second-order valence-electron chi connectivity index (χ2n) is 7.92. The molecule has 2 N–H and O–H groups in total. The number of aliphatic imine (C=N–C) groups is 1. The first-order valence-electron chi connectivity index (χ1n) is 10.0. The molecular weight excluding hydrogens is 394 g/mol. The van der Waals surface area contributed by atoms with Gasteiger partial charge in [-0.1, -0.05) is 11.6 Å². The van der Waals surface area contributed by atoms with Gasteiger partial charge in [0.05, 0.1) is 7.11 Å². The highest BCUT2D eigenvalue weighted by atomic mass is 35.5. The Hall–Kier alpha value is -1.11. The predicted molar refractivity (Wildman–Crippen MR) is 119 cm³/mol. The maximum absolute atomic E-state index is 6.34. The Bertz CT molecular complexity index is 686. The fourth-order valence-electron chi connectivity index (χ4n) is 4.12. The molecule has 0 radical (unpaired) electrons. The minimum atomic E-state index is -0.0991. The number of guanidine groups is 1. The molecule has 0 aromatic heterocycles. The van der Waals surface area contributed by atoms with Crippen LogP contribution in [-0.2, 0) is 10.2 Å². The standard InChI is InChI=1S/C21H32ClN3O2S/c1-20(7-4-12-28-20)14-24-19(23-2)25-15-21(8-10-27-11-9-21)17-13-16(22)5-6-18(17)26-3/h5-6,13H,4,7-12,14-15H2,1-3H3,(H2,23,24,25). The summed E-state index contributed by atoms with van der Waals surface area (Å²) in [5, 5.41) is 7.83. The molecule has 2 fully saturated rings. The van der Waals surface area contributed by atoms with Crippen LogP contribution in [0.4, 0.5) is 0 Å². The summed E-state index contributed by atoms with van der Waals surface area (Å²) in [5.74, 6) is 2.98. The third-order valence-corrected chi connectivity index (χ3v) is 7.70. The quantitative estimate of drug-likeness (QED) is 0.535. The summed E-state index contributed by atoms with van der Waals surface area (Å²) in [7, 11) is 3.55. The van der Waals surface area contributed by atoms with Gasteiger partial charge in [0.25, 0.3) is 0 Å². The molecule has 2 heterocycles. The van der Waals surface area contributed by atoms with E-state index in [2.05, 4.69) is 34.3 Å². The second-order valence-corrected chi connectivity index (χ2v) is 10.0. The predicted octanol–water partition coefficient (Wildman–Crippen LogP) is 3.85. The molecule has 2 saturated heterocycles. The maximum atomic E-state index is 6.34. The zero-order chi connectivity index (χ0) is 20.0. The fraction of sp³-hybridized carbons (Fsp3) is 0.667. The van der Waals surface area contributed by atoms with Crippen LogP contribution >= 0.6 is 23.4 Å². The van der Waals surface area contributed by atoms with Crippen LogP contribution in [0.3, 0.4) is 0 Å². The third-order valence-electron chi connectivity index (χ3n) is 5.93. The van der Waals surface area contributed by atoms with Crippen LogP contribution < -0.4 is 15.4 Å². The first kappa shape index (κ1) is 21.6. The molecule has 1 unspecified atom stereocenters. The van der Waals surface area contributed by atoms with Crippen molar-refractivity contribution in [3.63, 3.8) is 0 Å². The van der Waals surface area contributed by atoms with E-state index in [0.29, 0.717) is 4.75 Å². The van der Waals surface area contributed by atoms with Crippen LogP contribution in [-0.4, -0.2) is 56.9 Å². The van der Waals surface area contributed by atoms with Crippen molar-refractivity contribution in [1.82, 2.24) is 10.6 Å². The normalized spacial score (nSPS) is 24.8. The summed E-state index contributed by atoms with van der Waals surface area (Å²) >= 11 is 8.39. The summed E-state index contributed by atoms with van der Waals surface area (Å²) in [6.45, 7) is 5.49. The van der Waals surface area contributed by atoms with E-state index >= 15 is 0 Å². The summed E-state index contributed by atoms with van der Waals surface area (Å²) in [6.07, 6.45) is 4.39. The van der Waals surface area contributed by atoms with E-state index in [1.165, 1.54) is 18.6 Å². The Morgan fingerprint density at radius 3 is 2.64 bits per heavy atom. The number of thioether (sulfide) groups is 1. The van der Waals surface area contributed by atoms with Gasteiger partial charge in [-0.25, -0.2) is 0 Å². The van der Waals surface area contributed by atoms with Crippen LogP contribution in [0.1, 0.15) is 38.2 Å². The smallest absolute Gasteiger partial charge is 0.191 e. The monoisotopic (exact) mass is 425 g/mol. The molecule has 0 aliphatic carbocycles. The number of hydrogen-bond acceptors (Lipinski definition) is 4. The lowest BCUT2D eigenvalue weighted by molar-refractivity contribution is 0.0505. The Balaban J connectivity index is 1.73. The molecule has 1 aromatic carbocycles. The van der Waals surface area contributed by atoms with Crippen molar-refractivity contribution in [1.29, 1.82) is 0 Å². The SMILES string of the molecule is CN=C(NCC1(C)CCCS1)NCC1(c2cc(Cl)ccc2OC)CCOCC1. The maximum Gasteiger partial charge on any atom is 0.191 e. The van der Waals surface area contributed by atoms with Gasteiger partial charge in [-0.05, 0) is 56.6 Å². The lowest BCUT2D eigenvalue weighted by Gasteiger charge is -2.39. The minimum absolute atomic E-state index is 0.0991. The van der Waals surface area contributed by atoms with Crippen LogP contribution in [0.25, 0.3) is 0 Å². The van der Waals surface area contributed by atoms with E-state index in [-0.39, 0.29) is 5.41 Å². The van der Waals surface area contributed by atoms with E-state index in [4.69, 9.17) is 21.1 Å². The van der Waals surface area contributed by atoms with Gasteiger partial charge in [0, 0.05) is 54.1 Å². The van der Waals surface area contributed by atoms with Crippen molar-refractivity contribution >= 4 is 29.3 Å². The first-order valence-corrected chi connectivity index (χ1v) is 11.4. The van der Waals surface area contributed by atoms with E-state index in [1.807, 2.05) is 25.2 Å². The number of halogens is 1. The van der Waals surface area contributed by atoms with Gasteiger partial charge >= 0.3 is 0 Å². The Kier molecular flexibility index (Phi) is 7.40. The molecule has 2 aliphatic rings. The van der Waals surface area contributed by atoms with Gasteiger partial charge in [0.2, 0.25) is 0 Å². The van der Waals surface area contributed by atoms with Gasteiger partial charge in [0.1, 0.15) is 5.75 Å². The first-order chi connectivity index (χ1) is 13.5. The van der Waals surface area contributed by atoms with Gasteiger partial charge in [-0.3, -0.25) is 4.99 Å². The number of nitrogens with zero attached hydrogens (tertiary/aromatic N) is 1. The van der Waals surface area contributed by atoms with E-state index in [9.17, 15) is 0 Å². The molecule has 156 valence electrons. The number of rotatable bonds is 6.